The van der Waals surface area contributed by atoms with E-state index in [0.717, 1.165) is 23.0 Å². The first-order valence-electron chi connectivity index (χ1n) is 10.5. The maximum absolute atomic E-state index is 12.5. The number of nitrogens with zero attached hydrogens (tertiary/aromatic N) is 5. The molecule has 1 heterocycles. The van der Waals surface area contributed by atoms with E-state index in [1.807, 2.05) is 24.3 Å². The minimum Gasteiger partial charge on any atom is -0.300 e. The van der Waals surface area contributed by atoms with Gasteiger partial charge in [0.05, 0.1) is 17.5 Å². The molecule has 0 aliphatic rings. The van der Waals surface area contributed by atoms with Crippen LogP contribution < -0.4 is 0 Å². The maximum Gasteiger partial charge on any atom is 0.242 e. The van der Waals surface area contributed by atoms with Gasteiger partial charge in [0.2, 0.25) is 10.0 Å². The summed E-state index contributed by atoms with van der Waals surface area (Å²) in [7, 11) is 3.73. The summed E-state index contributed by atoms with van der Waals surface area (Å²) < 4.78 is 28.4. The lowest BCUT2D eigenvalue weighted by atomic mass is 10.2. The molecule has 0 aliphatic heterocycles. The zero-order valence-corrected chi connectivity index (χ0v) is 20.9. The molecule has 2 aromatic carbocycles. The van der Waals surface area contributed by atoms with Gasteiger partial charge in [-0.3, -0.25) is 4.90 Å². The van der Waals surface area contributed by atoms with Gasteiger partial charge in [0.25, 0.3) is 0 Å². The summed E-state index contributed by atoms with van der Waals surface area (Å²) >= 11 is 1.57. The van der Waals surface area contributed by atoms with Crippen LogP contribution in [0.15, 0.2) is 64.6 Å². The molecule has 0 unspecified atom stereocenters. The molecule has 0 N–H and O–H groups in total. The van der Waals surface area contributed by atoms with E-state index in [2.05, 4.69) is 52.8 Å². The number of rotatable bonds is 10. The predicted octanol–water partition coefficient (Wildman–Crippen LogP) is 3.88. The van der Waals surface area contributed by atoms with E-state index in [-0.39, 0.29) is 6.04 Å². The van der Waals surface area contributed by atoms with Crippen molar-refractivity contribution >= 4 is 21.8 Å². The molecule has 7 nitrogen and oxygen atoms in total. The second kappa shape index (κ2) is 10.6. The van der Waals surface area contributed by atoms with Crippen molar-refractivity contribution in [3.63, 3.8) is 0 Å². The van der Waals surface area contributed by atoms with E-state index in [1.54, 1.807) is 44.1 Å². The highest BCUT2D eigenvalue weighted by molar-refractivity contribution is 7.98. The number of benzene rings is 2. The maximum atomic E-state index is 12.5. The van der Waals surface area contributed by atoms with E-state index >= 15 is 0 Å². The predicted molar refractivity (Wildman–Crippen MR) is 129 cm³/mol. The first kappa shape index (κ1) is 24.4. The highest BCUT2D eigenvalue weighted by Crippen LogP contribution is 2.28. The largest absolute Gasteiger partial charge is 0.300 e. The summed E-state index contributed by atoms with van der Waals surface area (Å²) in [5.41, 5.74) is 2.11. The standard InChI is InChI=1S/C23H31N5O2S2/c1-6-21(26(2)3)22-24-25-23(28(22)16-18-11-8-7-9-12-18)31-17-19-13-10-14-20(15-19)32(29,30)27(4)5/h7-15,21H,6,16-17H2,1-5H3/t21-/m1/s1. The van der Waals surface area contributed by atoms with Crippen LogP contribution in [0.1, 0.15) is 36.3 Å². The molecular weight excluding hydrogens is 442 g/mol. The summed E-state index contributed by atoms with van der Waals surface area (Å²) in [6.45, 7) is 2.83. The van der Waals surface area contributed by atoms with E-state index in [1.165, 1.54) is 9.87 Å². The lowest BCUT2D eigenvalue weighted by Crippen LogP contribution is -2.23. The third-order valence-corrected chi connectivity index (χ3v) is 8.13. The summed E-state index contributed by atoms with van der Waals surface area (Å²) in [4.78, 5) is 2.46. The van der Waals surface area contributed by atoms with Gasteiger partial charge in [-0.1, -0.05) is 61.2 Å². The van der Waals surface area contributed by atoms with Gasteiger partial charge in [0.1, 0.15) is 0 Å². The summed E-state index contributed by atoms with van der Waals surface area (Å²) in [6, 6.07) is 17.5. The van der Waals surface area contributed by atoms with Crippen molar-refractivity contribution < 1.29 is 8.42 Å². The Hall–Kier alpha value is -2.20. The fourth-order valence-corrected chi connectivity index (χ4v) is 5.36. The lowest BCUT2D eigenvalue weighted by Gasteiger charge is -2.23. The van der Waals surface area contributed by atoms with E-state index in [4.69, 9.17) is 0 Å². The second-order valence-electron chi connectivity index (χ2n) is 8.02. The van der Waals surface area contributed by atoms with E-state index in [0.29, 0.717) is 17.2 Å². The fraction of sp³-hybridized carbons (Fsp3) is 0.391. The van der Waals surface area contributed by atoms with Crippen molar-refractivity contribution in [1.82, 2.24) is 24.0 Å². The summed E-state index contributed by atoms with van der Waals surface area (Å²) in [5.74, 6) is 1.54. The van der Waals surface area contributed by atoms with Gasteiger partial charge in [0.15, 0.2) is 11.0 Å². The van der Waals surface area contributed by atoms with Gasteiger partial charge < -0.3 is 4.57 Å². The number of hydrogen-bond donors (Lipinski definition) is 0. The molecule has 0 amide bonds. The van der Waals surface area contributed by atoms with Crippen LogP contribution in [0, 0.1) is 0 Å². The highest BCUT2D eigenvalue weighted by Gasteiger charge is 2.22. The lowest BCUT2D eigenvalue weighted by molar-refractivity contribution is 0.272. The van der Waals surface area contributed by atoms with Crippen LogP contribution >= 0.6 is 11.8 Å². The third kappa shape index (κ3) is 5.58. The van der Waals surface area contributed by atoms with Crippen LogP contribution in [0.25, 0.3) is 0 Å². The number of hydrogen-bond acceptors (Lipinski definition) is 6. The van der Waals surface area contributed by atoms with Crippen LogP contribution in [-0.2, 0) is 22.3 Å². The van der Waals surface area contributed by atoms with E-state index < -0.39 is 10.0 Å². The molecule has 3 aromatic rings. The van der Waals surface area contributed by atoms with Crippen molar-refractivity contribution in [2.45, 2.75) is 41.7 Å². The van der Waals surface area contributed by atoms with Gasteiger partial charge in [0, 0.05) is 19.8 Å². The van der Waals surface area contributed by atoms with Crippen LogP contribution in [0.2, 0.25) is 0 Å². The minimum absolute atomic E-state index is 0.161. The van der Waals surface area contributed by atoms with Gasteiger partial charge in [-0.15, -0.1) is 10.2 Å². The van der Waals surface area contributed by atoms with Crippen molar-refractivity contribution in [2.75, 3.05) is 28.2 Å². The molecule has 0 fully saturated rings. The molecule has 1 atom stereocenters. The van der Waals surface area contributed by atoms with Crippen LogP contribution in [-0.4, -0.2) is 60.6 Å². The van der Waals surface area contributed by atoms with Crippen LogP contribution in [0.3, 0.4) is 0 Å². The molecule has 0 saturated carbocycles. The molecule has 3 rings (SSSR count). The van der Waals surface area contributed by atoms with Crippen LogP contribution in [0.4, 0.5) is 0 Å². The third-order valence-electron chi connectivity index (χ3n) is 5.28. The Kier molecular flexibility index (Phi) is 8.10. The molecule has 0 bridgehead atoms. The second-order valence-corrected chi connectivity index (χ2v) is 11.1. The average molecular weight is 474 g/mol. The van der Waals surface area contributed by atoms with Gasteiger partial charge in [-0.05, 0) is 43.8 Å². The normalized spacial score (nSPS) is 13.1. The highest BCUT2D eigenvalue weighted by atomic mass is 32.2. The molecule has 1 aromatic heterocycles. The van der Waals surface area contributed by atoms with Gasteiger partial charge >= 0.3 is 0 Å². The Morgan fingerprint density at radius 1 is 0.969 bits per heavy atom. The Morgan fingerprint density at radius 2 is 1.66 bits per heavy atom. The fourth-order valence-electron chi connectivity index (χ4n) is 3.50. The molecule has 0 saturated heterocycles. The Morgan fingerprint density at radius 3 is 2.28 bits per heavy atom. The minimum atomic E-state index is -3.47. The van der Waals surface area contributed by atoms with Crippen molar-refractivity contribution in [2.24, 2.45) is 0 Å². The number of sulfonamides is 1. The first-order chi connectivity index (χ1) is 15.2. The smallest absolute Gasteiger partial charge is 0.242 e. The van der Waals surface area contributed by atoms with E-state index in [9.17, 15) is 8.42 Å². The zero-order chi connectivity index (χ0) is 23.3. The Labute approximate surface area is 195 Å². The average Bonchev–Trinajstić information content (AvgIpc) is 3.15. The topological polar surface area (TPSA) is 71.3 Å². The molecule has 9 heteroatoms. The Balaban J connectivity index is 1.89. The number of thioether (sulfide) groups is 1. The zero-order valence-electron chi connectivity index (χ0n) is 19.3. The van der Waals surface area contributed by atoms with Gasteiger partial charge in [-0.25, -0.2) is 12.7 Å². The monoisotopic (exact) mass is 473 g/mol. The molecule has 0 radical (unpaired) electrons. The Bertz CT molecular complexity index is 1130. The molecule has 172 valence electrons. The quantitative estimate of drug-likeness (QED) is 0.416. The first-order valence-corrected chi connectivity index (χ1v) is 12.9. The molecule has 0 aliphatic carbocycles. The van der Waals surface area contributed by atoms with Gasteiger partial charge in [-0.2, -0.15) is 0 Å². The van der Waals surface area contributed by atoms with Crippen molar-refractivity contribution in [1.29, 1.82) is 0 Å². The summed E-state index contributed by atoms with van der Waals surface area (Å²) in [5, 5.41) is 9.87. The molecular formula is C23H31N5O2S2. The summed E-state index contributed by atoms with van der Waals surface area (Å²) in [6.07, 6.45) is 0.926. The van der Waals surface area contributed by atoms with Crippen LogP contribution in [0.5, 0.6) is 0 Å². The van der Waals surface area contributed by atoms with Crippen molar-refractivity contribution in [3.05, 3.63) is 71.5 Å². The SMILES string of the molecule is CC[C@H](c1nnc(SCc2cccc(S(=O)(=O)N(C)C)c2)n1Cc1ccccc1)N(C)C. The molecule has 32 heavy (non-hydrogen) atoms. The molecule has 0 spiro atoms. The van der Waals surface area contributed by atoms with Crippen molar-refractivity contribution in [3.8, 4) is 0 Å². The number of aromatic nitrogens is 3.